The molecule has 2 aliphatic heterocycles. The Morgan fingerprint density at radius 1 is 0.694 bits per heavy atom. The summed E-state index contributed by atoms with van der Waals surface area (Å²) in [5.41, 5.74) is -0.278. The number of carbonyl (C=O) groups excluding carboxylic acids is 2. The van der Waals surface area contributed by atoms with Crippen LogP contribution in [0.4, 0.5) is 9.59 Å². The van der Waals surface area contributed by atoms with Gasteiger partial charge in [0.2, 0.25) is 0 Å². The summed E-state index contributed by atoms with van der Waals surface area (Å²) in [7, 11) is 0. The van der Waals surface area contributed by atoms with E-state index in [1.807, 2.05) is 0 Å². The summed E-state index contributed by atoms with van der Waals surface area (Å²) < 4.78 is 32.4. The zero-order valence-electron chi connectivity index (χ0n) is 23.5. The molecule has 0 aliphatic carbocycles. The van der Waals surface area contributed by atoms with Gasteiger partial charge in [-0.05, 0) is 78.1 Å². The largest absolute Gasteiger partial charge is 0.508 e. The smallest absolute Gasteiger partial charge is 0.430 e. The van der Waals surface area contributed by atoms with E-state index < -0.39 is 12.3 Å². The molecule has 2 saturated heterocycles. The summed E-state index contributed by atoms with van der Waals surface area (Å²) in [5.74, 6) is 0.605. The van der Waals surface area contributed by atoms with Gasteiger partial charge in [0, 0.05) is 13.2 Å². The van der Waals surface area contributed by atoms with Gasteiger partial charge in [0.1, 0.15) is 25.4 Å². The monoisotopic (exact) mass is 514 g/mol. The molecule has 4 atom stereocenters. The second kappa shape index (κ2) is 15.0. The van der Waals surface area contributed by atoms with Crippen molar-refractivity contribution < 1.29 is 38.0 Å². The van der Waals surface area contributed by atoms with Crippen molar-refractivity contribution in [2.45, 2.75) is 129 Å². The lowest BCUT2D eigenvalue weighted by Gasteiger charge is -2.27. The van der Waals surface area contributed by atoms with E-state index in [0.717, 1.165) is 77.4 Å². The van der Waals surface area contributed by atoms with Crippen LogP contribution in [0.1, 0.15) is 106 Å². The highest BCUT2D eigenvalue weighted by Crippen LogP contribution is 2.26. The lowest BCUT2D eigenvalue weighted by molar-refractivity contribution is -0.0322. The lowest BCUT2D eigenvalue weighted by atomic mass is 9.93. The summed E-state index contributed by atoms with van der Waals surface area (Å²) in [6, 6.07) is 0. The molecule has 2 aliphatic rings. The molecule has 0 aromatic rings. The predicted molar refractivity (Wildman–Crippen MR) is 137 cm³/mol. The van der Waals surface area contributed by atoms with E-state index in [0.29, 0.717) is 25.0 Å². The van der Waals surface area contributed by atoms with Gasteiger partial charge in [-0.25, -0.2) is 9.59 Å². The van der Waals surface area contributed by atoms with Gasteiger partial charge in [0.05, 0.1) is 11.2 Å². The van der Waals surface area contributed by atoms with Crippen LogP contribution in [-0.4, -0.2) is 62.1 Å². The minimum atomic E-state index is -0.544. The Morgan fingerprint density at radius 2 is 1.08 bits per heavy atom. The van der Waals surface area contributed by atoms with Gasteiger partial charge >= 0.3 is 12.3 Å². The third kappa shape index (κ3) is 12.1. The summed E-state index contributed by atoms with van der Waals surface area (Å²) in [6.45, 7) is 15.1. The molecular weight excluding hydrogens is 464 g/mol. The van der Waals surface area contributed by atoms with Crippen molar-refractivity contribution in [3.05, 3.63) is 0 Å². The van der Waals surface area contributed by atoms with Gasteiger partial charge in [0.15, 0.2) is 0 Å². The number of rotatable bonds is 19. The Labute approximate surface area is 218 Å². The molecule has 0 radical (unpaired) electrons. The van der Waals surface area contributed by atoms with Crippen LogP contribution in [0.2, 0.25) is 0 Å². The zero-order chi connectivity index (χ0) is 26.6. The van der Waals surface area contributed by atoms with Gasteiger partial charge in [-0.3, -0.25) is 0 Å². The molecule has 0 amide bonds. The summed E-state index contributed by atoms with van der Waals surface area (Å²) in [6.07, 6.45) is 9.14. The van der Waals surface area contributed by atoms with Crippen molar-refractivity contribution >= 4 is 12.3 Å². The van der Waals surface area contributed by atoms with E-state index >= 15 is 0 Å². The van der Waals surface area contributed by atoms with Crippen LogP contribution in [0.3, 0.4) is 0 Å². The van der Waals surface area contributed by atoms with Crippen molar-refractivity contribution in [2.75, 3.05) is 26.4 Å². The fourth-order valence-electron chi connectivity index (χ4n) is 4.71. The average Bonchev–Trinajstić information content (AvgIpc) is 3.43. The summed E-state index contributed by atoms with van der Waals surface area (Å²) in [5, 5.41) is 0. The van der Waals surface area contributed by atoms with Gasteiger partial charge in [-0.1, -0.05) is 39.5 Å². The van der Waals surface area contributed by atoms with Crippen LogP contribution in [0.5, 0.6) is 0 Å². The molecule has 36 heavy (non-hydrogen) atoms. The van der Waals surface area contributed by atoms with Crippen molar-refractivity contribution in [2.24, 2.45) is 11.8 Å². The van der Waals surface area contributed by atoms with E-state index in [4.69, 9.17) is 28.4 Å². The molecular formula is C28H50O8. The number of unbranched alkanes of at least 4 members (excludes halogenated alkanes) is 3. The van der Waals surface area contributed by atoms with Gasteiger partial charge in [-0.15, -0.1) is 0 Å². The maximum absolute atomic E-state index is 11.1. The third-order valence-corrected chi connectivity index (χ3v) is 7.40. The topological polar surface area (TPSA) is 89.5 Å². The predicted octanol–water partition coefficient (Wildman–Crippen LogP) is 6.82. The molecule has 0 N–H and O–H groups in total. The van der Waals surface area contributed by atoms with Crippen LogP contribution in [0.25, 0.3) is 0 Å². The molecule has 4 unspecified atom stereocenters. The zero-order valence-corrected chi connectivity index (χ0v) is 23.5. The lowest BCUT2D eigenvalue weighted by Crippen LogP contribution is -2.26. The molecule has 0 spiro atoms. The first kappa shape index (κ1) is 30.7. The van der Waals surface area contributed by atoms with E-state index in [9.17, 15) is 9.59 Å². The molecule has 0 saturated carbocycles. The number of cyclic esters (lactones) is 4. The van der Waals surface area contributed by atoms with E-state index in [1.165, 1.54) is 0 Å². The minimum absolute atomic E-state index is 0.111. The Kier molecular flexibility index (Phi) is 12.8. The first-order valence-corrected chi connectivity index (χ1v) is 13.9. The molecule has 2 fully saturated rings. The van der Waals surface area contributed by atoms with Crippen molar-refractivity contribution in [1.29, 1.82) is 0 Å². The highest BCUT2D eigenvalue weighted by atomic mass is 16.8. The van der Waals surface area contributed by atoms with Crippen LogP contribution >= 0.6 is 0 Å². The second-order valence-electron chi connectivity index (χ2n) is 11.8. The van der Waals surface area contributed by atoms with Crippen LogP contribution in [0, 0.1) is 11.8 Å². The molecule has 0 bridgehead atoms. The molecule has 0 aromatic heterocycles. The third-order valence-electron chi connectivity index (χ3n) is 7.40. The minimum Gasteiger partial charge on any atom is -0.430 e. The van der Waals surface area contributed by atoms with Gasteiger partial charge < -0.3 is 28.4 Å². The van der Waals surface area contributed by atoms with Crippen molar-refractivity contribution in [1.82, 2.24) is 0 Å². The maximum Gasteiger partial charge on any atom is 0.508 e. The average molecular weight is 515 g/mol. The fraction of sp³-hybridized carbons (Fsp3) is 0.929. The Hall–Kier alpha value is -1.54. The van der Waals surface area contributed by atoms with E-state index in [-0.39, 0.29) is 23.4 Å². The van der Waals surface area contributed by atoms with E-state index in [1.54, 1.807) is 0 Å². The number of carbonyl (C=O) groups is 2. The van der Waals surface area contributed by atoms with Crippen molar-refractivity contribution in [3.8, 4) is 0 Å². The van der Waals surface area contributed by atoms with Crippen LogP contribution in [-0.2, 0) is 28.4 Å². The Morgan fingerprint density at radius 3 is 1.42 bits per heavy atom. The van der Waals surface area contributed by atoms with E-state index in [2.05, 4.69) is 41.5 Å². The molecule has 210 valence electrons. The number of hydrogen-bond acceptors (Lipinski definition) is 8. The summed E-state index contributed by atoms with van der Waals surface area (Å²) in [4.78, 5) is 22.2. The number of ether oxygens (including phenoxy) is 6. The highest BCUT2D eigenvalue weighted by Gasteiger charge is 2.31. The molecule has 2 rings (SSSR count). The van der Waals surface area contributed by atoms with Crippen LogP contribution < -0.4 is 0 Å². The molecule has 2 heterocycles. The molecule has 0 aromatic carbocycles. The second-order valence-corrected chi connectivity index (χ2v) is 11.8. The maximum atomic E-state index is 11.1. The normalized spacial score (nSPS) is 22.1. The number of hydrogen-bond donors (Lipinski definition) is 0. The SMILES string of the molecule is CC(CCCC(C)(C)OCCCCCCOC(C)(C)CCCC(C)C1COC(=O)O1)C1COC(=O)O1. The first-order chi connectivity index (χ1) is 17.0. The fourth-order valence-corrected chi connectivity index (χ4v) is 4.71. The Balaban J connectivity index is 1.43. The molecule has 8 nitrogen and oxygen atoms in total. The Bertz CT molecular complexity index is 606. The highest BCUT2D eigenvalue weighted by molar-refractivity contribution is 5.62. The first-order valence-electron chi connectivity index (χ1n) is 13.9. The van der Waals surface area contributed by atoms with Gasteiger partial charge in [-0.2, -0.15) is 0 Å². The van der Waals surface area contributed by atoms with Crippen LogP contribution in [0.15, 0.2) is 0 Å². The summed E-state index contributed by atoms with van der Waals surface area (Å²) >= 11 is 0. The molecule has 8 heteroatoms. The van der Waals surface area contributed by atoms with Crippen molar-refractivity contribution in [3.63, 3.8) is 0 Å². The quantitative estimate of drug-likeness (QED) is 0.137. The standard InChI is InChI=1S/C28H50O8/c1-21(23-19-31-25(29)35-23)13-11-15-27(3,4)33-17-9-7-8-10-18-34-28(5,6)16-12-14-22(2)24-20-32-26(30)36-24/h21-24H,7-20H2,1-6H3. The van der Waals surface area contributed by atoms with Gasteiger partial charge in [0.25, 0.3) is 0 Å².